The Balaban J connectivity index is 1.89. The predicted octanol–water partition coefficient (Wildman–Crippen LogP) is 2.89. The van der Waals surface area contributed by atoms with E-state index in [2.05, 4.69) is 10.2 Å². The molecule has 1 atom stereocenters. The fourth-order valence-electron chi connectivity index (χ4n) is 2.91. The summed E-state index contributed by atoms with van der Waals surface area (Å²) in [4.78, 5) is 26.0. The smallest absolute Gasteiger partial charge is 0.284 e. The fraction of sp³-hybridized carbons (Fsp3) is 0.438. The quantitative estimate of drug-likeness (QED) is 0.614. The molecular formula is C16H19N5O3S. The van der Waals surface area contributed by atoms with Gasteiger partial charge in [-0.15, -0.1) is 10.2 Å². The summed E-state index contributed by atoms with van der Waals surface area (Å²) in [5.41, 5.74) is 0.256. The van der Waals surface area contributed by atoms with E-state index in [1.54, 1.807) is 28.6 Å². The molecule has 2 aromatic rings. The van der Waals surface area contributed by atoms with Crippen LogP contribution in [-0.2, 0) is 7.05 Å². The Bertz CT molecular complexity index is 807. The van der Waals surface area contributed by atoms with Crippen LogP contribution < -0.4 is 0 Å². The first-order valence-corrected chi connectivity index (χ1v) is 8.90. The second-order valence-electron chi connectivity index (χ2n) is 6.11. The number of aryl methyl sites for hydroxylation is 1. The number of nitro benzene ring substituents is 1. The van der Waals surface area contributed by atoms with E-state index < -0.39 is 4.92 Å². The highest BCUT2D eigenvalue weighted by Crippen LogP contribution is 2.34. The summed E-state index contributed by atoms with van der Waals surface area (Å²) in [5, 5.41) is 19.7. The van der Waals surface area contributed by atoms with Gasteiger partial charge in [0.05, 0.1) is 9.82 Å². The number of nitro groups is 1. The van der Waals surface area contributed by atoms with Crippen molar-refractivity contribution < 1.29 is 9.72 Å². The number of hydrogen-bond acceptors (Lipinski definition) is 6. The molecule has 1 fully saturated rings. The van der Waals surface area contributed by atoms with E-state index in [4.69, 9.17) is 0 Å². The van der Waals surface area contributed by atoms with E-state index >= 15 is 0 Å². The zero-order valence-electron chi connectivity index (χ0n) is 14.1. The highest BCUT2D eigenvalue weighted by Gasteiger charge is 2.26. The first-order valence-electron chi connectivity index (χ1n) is 8.08. The van der Waals surface area contributed by atoms with Gasteiger partial charge in [-0.3, -0.25) is 14.9 Å². The number of aromatic nitrogens is 3. The average molecular weight is 361 g/mol. The van der Waals surface area contributed by atoms with Crippen LogP contribution in [0.4, 0.5) is 5.69 Å². The first-order chi connectivity index (χ1) is 12.0. The lowest BCUT2D eigenvalue weighted by Crippen LogP contribution is -2.42. The molecule has 1 aliphatic heterocycles. The molecule has 8 nitrogen and oxygen atoms in total. The number of carbonyl (C=O) groups is 1. The van der Waals surface area contributed by atoms with Crippen molar-refractivity contribution in [2.24, 2.45) is 7.05 Å². The molecule has 0 bridgehead atoms. The van der Waals surface area contributed by atoms with E-state index in [9.17, 15) is 14.9 Å². The molecule has 0 aliphatic carbocycles. The molecule has 1 aromatic heterocycles. The Labute approximate surface area is 149 Å². The van der Waals surface area contributed by atoms with E-state index in [1.165, 1.54) is 12.4 Å². The highest BCUT2D eigenvalue weighted by molar-refractivity contribution is 7.99. The number of benzene rings is 1. The van der Waals surface area contributed by atoms with Gasteiger partial charge in [-0.1, -0.05) is 0 Å². The van der Waals surface area contributed by atoms with Gasteiger partial charge in [-0.25, -0.2) is 0 Å². The van der Waals surface area contributed by atoms with Gasteiger partial charge in [-0.2, -0.15) is 0 Å². The standard InChI is InChI=1S/C16H19N5O3S/c1-11-5-3-4-8-20(11)15(22)12-6-7-14(13(9-12)21(23)24)25-16-18-17-10-19(16)2/h6-7,9-11H,3-5,8H2,1-2H3. The molecule has 9 heteroatoms. The van der Waals surface area contributed by atoms with Crippen molar-refractivity contribution in [2.75, 3.05) is 6.54 Å². The minimum absolute atomic E-state index is 0.0940. The third-order valence-corrected chi connectivity index (χ3v) is 5.45. The van der Waals surface area contributed by atoms with Gasteiger partial charge in [-0.05, 0) is 50.1 Å². The van der Waals surface area contributed by atoms with Gasteiger partial charge in [0.2, 0.25) is 0 Å². The SMILES string of the molecule is CC1CCCCN1C(=O)c1ccc(Sc2nncn2C)c([N+](=O)[O-])c1. The van der Waals surface area contributed by atoms with Crippen molar-refractivity contribution in [1.82, 2.24) is 19.7 Å². The number of carbonyl (C=O) groups excluding carboxylic acids is 1. The van der Waals surface area contributed by atoms with Crippen LogP contribution in [-0.4, -0.2) is 43.1 Å². The van der Waals surface area contributed by atoms with Crippen molar-refractivity contribution >= 4 is 23.4 Å². The molecule has 1 aromatic carbocycles. The Morgan fingerprint density at radius 1 is 1.40 bits per heavy atom. The molecule has 3 rings (SSSR count). The van der Waals surface area contributed by atoms with E-state index in [1.807, 2.05) is 6.92 Å². The van der Waals surface area contributed by atoms with Gasteiger partial charge in [0.15, 0.2) is 5.16 Å². The minimum Gasteiger partial charge on any atom is -0.336 e. The molecule has 2 heterocycles. The zero-order valence-corrected chi connectivity index (χ0v) is 14.9. The number of nitrogens with zero attached hydrogens (tertiary/aromatic N) is 5. The van der Waals surface area contributed by atoms with Gasteiger partial charge in [0.1, 0.15) is 6.33 Å². The molecule has 25 heavy (non-hydrogen) atoms. The summed E-state index contributed by atoms with van der Waals surface area (Å²) in [6.45, 7) is 2.72. The number of rotatable bonds is 4. The van der Waals surface area contributed by atoms with Crippen LogP contribution in [0.1, 0.15) is 36.5 Å². The second kappa shape index (κ2) is 7.22. The van der Waals surface area contributed by atoms with Crippen LogP contribution in [0.3, 0.4) is 0 Å². The Kier molecular flexibility index (Phi) is 5.03. The maximum atomic E-state index is 12.7. The second-order valence-corrected chi connectivity index (χ2v) is 7.12. The third-order valence-electron chi connectivity index (χ3n) is 4.34. The minimum atomic E-state index is -0.463. The molecule has 1 unspecified atom stereocenters. The lowest BCUT2D eigenvalue weighted by Gasteiger charge is -2.33. The number of hydrogen-bond donors (Lipinski definition) is 0. The molecule has 132 valence electrons. The average Bonchev–Trinajstić information content (AvgIpc) is 3.00. The summed E-state index contributed by atoms with van der Waals surface area (Å²) < 4.78 is 1.68. The third kappa shape index (κ3) is 3.65. The molecule has 0 radical (unpaired) electrons. The number of likely N-dealkylation sites (tertiary alicyclic amines) is 1. The monoisotopic (exact) mass is 361 g/mol. The maximum Gasteiger partial charge on any atom is 0.284 e. The largest absolute Gasteiger partial charge is 0.336 e. The maximum absolute atomic E-state index is 12.7. The van der Waals surface area contributed by atoms with Crippen molar-refractivity contribution in [3.63, 3.8) is 0 Å². The van der Waals surface area contributed by atoms with Crippen molar-refractivity contribution in [3.8, 4) is 0 Å². The predicted molar refractivity (Wildman–Crippen MR) is 92.6 cm³/mol. The molecule has 1 aliphatic rings. The normalized spacial score (nSPS) is 17.5. The number of amides is 1. The van der Waals surface area contributed by atoms with Crippen molar-refractivity contribution in [2.45, 2.75) is 42.3 Å². The summed E-state index contributed by atoms with van der Waals surface area (Å²) >= 11 is 1.16. The fourth-order valence-corrected chi connectivity index (χ4v) is 3.76. The molecular weight excluding hydrogens is 342 g/mol. The molecule has 0 N–H and O–H groups in total. The van der Waals surface area contributed by atoms with E-state index in [0.717, 1.165) is 31.0 Å². The summed E-state index contributed by atoms with van der Waals surface area (Å²) in [6, 6.07) is 4.78. The van der Waals surface area contributed by atoms with Crippen LogP contribution in [0.2, 0.25) is 0 Å². The van der Waals surface area contributed by atoms with Gasteiger partial charge in [0.25, 0.3) is 11.6 Å². The van der Waals surface area contributed by atoms with E-state index in [0.29, 0.717) is 22.2 Å². The Morgan fingerprint density at radius 2 is 2.20 bits per heavy atom. The molecule has 0 spiro atoms. The summed E-state index contributed by atoms with van der Waals surface area (Å²) in [5.74, 6) is -0.148. The summed E-state index contributed by atoms with van der Waals surface area (Å²) in [7, 11) is 1.77. The first kappa shape index (κ1) is 17.4. The van der Waals surface area contributed by atoms with Crippen LogP contribution in [0.5, 0.6) is 0 Å². The topological polar surface area (TPSA) is 94.2 Å². The van der Waals surface area contributed by atoms with Crippen molar-refractivity contribution in [3.05, 3.63) is 40.2 Å². The van der Waals surface area contributed by atoms with Gasteiger partial charge >= 0.3 is 0 Å². The van der Waals surface area contributed by atoms with Gasteiger partial charge < -0.3 is 9.47 Å². The van der Waals surface area contributed by atoms with Crippen LogP contribution >= 0.6 is 11.8 Å². The summed E-state index contributed by atoms with van der Waals surface area (Å²) in [6.07, 6.45) is 4.58. The zero-order chi connectivity index (χ0) is 18.0. The molecule has 0 saturated carbocycles. The lowest BCUT2D eigenvalue weighted by atomic mass is 10.0. The number of piperidine rings is 1. The molecule has 1 saturated heterocycles. The highest BCUT2D eigenvalue weighted by atomic mass is 32.2. The molecule has 1 amide bonds. The van der Waals surface area contributed by atoms with Crippen LogP contribution in [0.15, 0.2) is 34.6 Å². The van der Waals surface area contributed by atoms with Gasteiger partial charge in [0, 0.05) is 31.3 Å². The Morgan fingerprint density at radius 3 is 2.84 bits per heavy atom. The van der Waals surface area contributed by atoms with E-state index in [-0.39, 0.29) is 17.6 Å². The Hall–Kier alpha value is -2.42. The van der Waals surface area contributed by atoms with Crippen molar-refractivity contribution in [1.29, 1.82) is 0 Å². The lowest BCUT2D eigenvalue weighted by molar-refractivity contribution is -0.387. The van der Waals surface area contributed by atoms with Crippen LogP contribution in [0, 0.1) is 10.1 Å². The van der Waals surface area contributed by atoms with Crippen LogP contribution in [0.25, 0.3) is 0 Å².